The minimum absolute atomic E-state index is 0.178. The molecule has 4 heteroatoms. The third-order valence-electron chi connectivity index (χ3n) is 4.83. The number of carbonyl (C=O) groups excluding carboxylic acids is 1. The second-order valence-electron chi connectivity index (χ2n) is 6.32. The molecule has 0 radical (unpaired) electrons. The standard InChI is InChI=1S/C17H25N3O/c1-13-11-17(19-8-4-3-5-9-19)18-12-15(13)16-7-6-10-20(16)14(2)21/h11-12,16H,3-10H2,1-2H3/t16-/m0/s1. The lowest BCUT2D eigenvalue weighted by atomic mass is 10.0. The minimum atomic E-state index is 0.178. The van der Waals surface area contributed by atoms with Crippen molar-refractivity contribution < 1.29 is 4.79 Å². The van der Waals surface area contributed by atoms with Crippen LogP contribution in [0.2, 0.25) is 0 Å². The first-order valence-electron chi connectivity index (χ1n) is 8.15. The molecule has 0 N–H and O–H groups in total. The molecule has 0 bridgehead atoms. The Bertz CT molecular complexity index is 523. The van der Waals surface area contributed by atoms with Crippen molar-refractivity contribution in [3.63, 3.8) is 0 Å². The van der Waals surface area contributed by atoms with E-state index in [4.69, 9.17) is 0 Å². The molecule has 2 aliphatic rings. The molecular formula is C17H25N3O. The molecule has 1 aromatic rings. The predicted octanol–water partition coefficient (Wildman–Crippen LogP) is 3.06. The van der Waals surface area contributed by atoms with Crippen LogP contribution in [0.15, 0.2) is 12.3 Å². The van der Waals surface area contributed by atoms with E-state index in [1.54, 1.807) is 6.92 Å². The summed E-state index contributed by atoms with van der Waals surface area (Å²) in [6.45, 7) is 6.95. The van der Waals surface area contributed by atoms with Crippen molar-refractivity contribution in [3.8, 4) is 0 Å². The molecule has 0 unspecified atom stereocenters. The van der Waals surface area contributed by atoms with E-state index in [1.807, 2.05) is 11.1 Å². The molecule has 4 nitrogen and oxygen atoms in total. The number of aromatic nitrogens is 1. The summed E-state index contributed by atoms with van der Waals surface area (Å²) in [6.07, 6.45) is 8.03. The Hall–Kier alpha value is -1.58. The van der Waals surface area contributed by atoms with Crippen LogP contribution in [-0.4, -0.2) is 35.4 Å². The Morgan fingerprint density at radius 2 is 1.95 bits per heavy atom. The summed E-state index contributed by atoms with van der Waals surface area (Å²) in [7, 11) is 0. The number of hydrogen-bond acceptors (Lipinski definition) is 3. The molecule has 2 aliphatic heterocycles. The number of piperidine rings is 1. The predicted molar refractivity (Wildman–Crippen MR) is 84.4 cm³/mol. The third-order valence-corrected chi connectivity index (χ3v) is 4.83. The van der Waals surface area contributed by atoms with Gasteiger partial charge in [-0.25, -0.2) is 4.98 Å². The van der Waals surface area contributed by atoms with Gasteiger partial charge in [0, 0.05) is 32.8 Å². The molecule has 0 saturated carbocycles. The number of amides is 1. The first kappa shape index (κ1) is 14.4. The summed E-state index contributed by atoms with van der Waals surface area (Å²) < 4.78 is 0. The maximum Gasteiger partial charge on any atom is 0.219 e. The molecule has 0 spiro atoms. The highest BCUT2D eigenvalue weighted by Crippen LogP contribution is 2.34. The number of pyridine rings is 1. The Morgan fingerprint density at radius 3 is 2.62 bits per heavy atom. The Kier molecular flexibility index (Phi) is 4.13. The topological polar surface area (TPSA) is 36.4 Å². The molecule has 1 amide bonds. The van der Waals surface area contributed by atoms with Gasteiger partial charge in [-0.2, -0.15) is 0 Å². The molecule has 2 fully saturated rings. The van der Waals surface area contributed by atoms with Gasteiger partial charge in [0.05, 0.1) is 6.04 Å². The fourth-order valence-corrected chi connectivity index (χ4v) is 3.66. The van der Waals surface area contributed by atoms with E-state index in [-0.39, 0.29) is 11.9 Å². The monoisotopic (exact) mass is 287 g/mol. The third kappa shape index (κ3) is 2.89. The van der Waals surface area contributed by atoms with E-state index >= 15 is 0 Å². The fraction of sp³-hybridized carbons (Fsp3) is 0.647. The molecular weight excluding hydrogens is 262 g/mol. The van der Waals surface area contributed by atoms with Crippen LogP contribution in [0.5, 0.6) is 0 Å². The molecule has 1 atom stereocenters. The summed E-state index contributed by atoms with van der Waals surface area (Å²) >= 11 is 0. The van der Waals surface area contributed by atoms with Gasteiger partial charge in [0.1, 0.15) is 5.82 Å². The summed E-state index contributed by atoms with van der Waals surface area (Å²) in [4.78, 5) is 20.8. The van der Waals surface area contributed by atoms with E-state index in [0.717, 1.165) is 38.3 Å². The second-order valence-corrected chi connectivity index (χ2v) is 6.32. The summed E-state index contributed by atoms with van der Waals surface area (Å²) in [5.41, 5.74) is 2.49. The number of hydrogen-bond donors (Lipinski definition) is 0. The van der Waals surface area contributed by atoms with Crippen molar-refractivity contribution in [1.82, 2.24) is 9.88 Å². The fourth-order valence-electron chi connectivity index (χ4n) is 3.66. The van der Waals surface area contributed by atoms with Gasteiger partial charge in [0.15, 0.2) is 0 Å². The van der Waals surface area contributed by atoms with E-state index in [2.05, 4.69) is 22.9 Å². The zero-order chi connectivity index (χ0) is 14.8. The Balaban J connectivity index is 1.82. The van der Waals surface area contributed by atoms with Crippen molar-refractivity contribution in [3.05, 3.63) is 23.4 Å². The highest BCUT2D eigenvalue weighted by molar-refractivity contribution is 5.74. The highest BCUT2D eigenvalue weighted by Gasteiger charge is 2.29. The van der Waals surface area contributed by atoms with Crippen molar-refractivity contribution in [1.29, 1.82) is 0 Å². The van der Waals surface area contributed by atoms with Gasteiger partial charge >= 0.3 is 0 Å². The number of aryl methyl sites for hydroxylation is 1. The lowest BCUT2D eigenvalue weighted by Gasteiger charge is -2.29. The molecule has 0 aliphatic carbocycles. The average Bonchev–Trinajstić information content (AvgIpc) is 2.97. The zero-order valence-corrected chi connectivity index (χ0v) is 13.1. The molecule has 3 heterocycles. The number of nitrogens with zero attached hydrogens (tertiary/aromatic N) is 3. The Morgan fingerprint density at radius 1 is 1.19 bits per heavy atom. The van der Waals surface area contributed by atoms with Crippen LogP contribution in [0.3, 0.4) is 0 Å². The first-order chi connectivity index (χ1) is 10.2. The highest BCUT2D eigenvalue weighted by atomic mass is 16.2. The van der Waals surface area contributed by atoms with Crippen LogP contribution in [0, 0.1) is 6.92 Å². The average molecular weight is 287 g/mol. The van der Waals surface area contributed by atoms with E-state index in [0.29, 0.717) is 0 Å². The van der Waals surface area contributed by atoms with Crippen molar-refractivity contribution in [2.45, 2.75) is 52.0 Å². The Labute approximate surface area is 127 Å². The van der Waals surface area contributed by atoms with Gasteiger partial charge in [0.25, 0.3) is 0 Å². The van der Waals surface area contributed by atoms with Gasteiger partial charge in [-0.3, -0.25) is 4.79 Å². The van der Waals surface area contributed by atoms with Crippen molar-refractivity contribution in [2.24, 2.45) is 0 Å². The van der Waals surface area contributed by atoms with Crippen LogP contribution in [0.25, 0.3) is 0 Å². The molecule has 114 valence electrons. The summed E-state index contributed by atoms with van der Waals surface area (Å²) in [6, 6.07) is 2.43. The smallest absolute Gasteiger partial charge is 0.219 e. The van der Waals surface area contributed by atoms with Crippen LogP contribution >= 0.6 is 0 Å². The van der Waals surface area contributed by atoms with Gasteiger partial charge in [-0.1, -0.05) is 0 Å². The van der Waals surface area contributed by atoms with Gasteiger partial charge < -0.3 is 9.80 Å². The first-order valence-corrected chi connectivity index (χ1v) is 8.15. The largest absolute Gasteiger partial charge is 0.357 e. The number of anilines is 1. The summed E-state index contributed by atoms with van der Waals surface area (Å²) in [5.74, 6) is 1.28. The van der Waals surface area contributed by atoms with Crippen LogP contribution < -0.4 is 4.90 Å². The van der Waals surface area contributed by atoms with E-state index in [9.17, 15) is 4.79 Å². The second kappa shape index (κ2) is 6.04. The van der Waals surface area contributed by atoms with Gasteiger partial charge in [-0.15, -0.1) is 0 Å². The lowest BCUT2D eigenvalue weighted by molar-refractivity contribution is -0.129. The van der Waals surface area contributed by atoms with Crippen LogP contribution in [0.4, 0.5) is 5.82 Å². The van der Waals surface area contributed by atoms with E-state index in [1.165, 1.54) is 30.4 Å². The molecule has 1 aromatic heterocycles. The minimum Gasteiger partial charge on any atom is -0.357 e. The van der Waals surface area contributed by atoms with Crippen LogP contribution in [0.1, 0.15) is 56.2 Å². The molecule has 0 aromatic carbocycles. The molecule has 21 heavy (non-hydrogen) atoms. The number of likely N-dealkylation sites (tertiary alicyclic amines) is 1. The van der Waals surface area contributed by atoms with Gasteiger partial charge in [0.2, 0.25) is 5.91 Å². The lowest BCUT2D eigenvalue weighted by Crippen LogP contribution is -2.31. The summed E-state index contributed by atoms with van der Waals surface area (Å²) in [5, 5.41) is 0. The van der Waals surface area contributed by atoms with E-state index < -0.39 is 0 Å². The maximum absolute atomic E-state index is 11.8. The molecule has 2 saturated heterocycles. The maximum atomic E-state index is 11.8. The normalized spacial score (nSPS) is 22.7. The van der Waals surface area contributed by atoms with Crippen molar-refractivity contribution >= 4 is 11.7 Å². The van der Waals surface area contributed by atoms with Crippen LogP contribution in [-0.2, 0) is 4.79 Å². The molecule has 3 rings (SSSR count). The zero-order valence-electron chi connectivity index (χ0n) is 13.1. The SMILES string of the molecule is CC(=O)N1CCC[C@H]1c1cnc(N2CCCCC2)cc1C. The quantitative estimate of drug-likeness (QED) is 0.839. The number of rotatable bonds is 2. The van der Waals surface area contributed by atoms with Gasteiger partial charge in [-0.05, 0) is 56.2 Å². The van der Waals surface area contributed by atoms with Crippen molar-refractivity contribution in [2.75, 3.05) is 24.5 Å². The number of carbonyl (C=O) groups is 1.